The van der Waals surface area contributed by atoms with E-state index < -0.39 is 0 Å². The van der Waals surface area contributed by atoms with E-state index >= 15 is 0 Å². The van der Waals surface area contributed by atoms with Gasteiger partial charge >= 0.3 is 0 Å². The van der Waals surface area contributed by atoms with Gasteiger partial charge in [0.05, 0.1) is 0 Å². The predicted octanol–water partition coefficient (Wildman–Crippen LogP) is 2.56. The van der Waals surface area contributed by atoms with Gasteiger partial charge in [0.15, 0.2) is 0 Å². The van der Waals surface area contributed by atoms with E-state index in [2.05, 4.69) is 17.1 Å². The number of carbonyl (C=O) groups is 1. The molecule has 1 amide bonds. The highest BCUT2D eigenvalue weighted by Crippen LogP contribution is 2.28. The Labute approximate surface area is 111 Å². The van der Waals surface area contributed by atoms with Gasteiger partial charge in [0, 0.05) is 25.6 Å². The fraction of sp³-hybridized carbons (Fsp3) is 0.933. The minimum Gasteiger partial charge on any atom is -0.343 e. The first-order chi connectivity index (χ1) is 8.81. The normalized spacial score (nSPS) is 29.6. The summed E-state index contributed by atoms with van der Waals surface area (Å²) in [5, 5.41) is 3.60. The van der Waals surface area contributed by atoms with Crippen molar-refractivity contribution in [3.05, 3.63) is 0 Å². The van der Waals surface area contributed by atoms with Crippen LogP contribution in [0.1, 0.15) is 58.3 Å². The zero-order valence-electron chi connectivity index (χ0n) is 11.8. The lowest BCUT2D eigenvalue weighted by Crippen LogP contribution is -2.36. The van der Waals surface area contributed by atoms with Gasteiger partial charge in [0.25, 0.3) is 0 Å². The van der Waals surface area contributed by atoms with Crippen LogP contribution >= 0.6 is 0 Å². The van der Waals surface area contributed by atoms with Crippen LogP contribution < -0.4 is 5.32 Å². The summed E-state index contributed by atoms with van der Waals surface area (Å²) in [6, 6.07) is 0.706. The Morgan fingerprint density at radius 2 is 2.11 bits per heavy atom. The zero-order valence-corrected chi connectivity index (χ0v) is 11.8. The van der Waals surface area contributed by atoms with Crippen LogP contribution in [-0.2, 0) is 4.79 Å². The fourth-order valence-corrected chi connectivity index (χ4v) is 3.51. The molecule has 0 aromatic carbocycles. The average molecular weight is 252 g/mol. The summed E-state index contributed by atoms with van der Waals surface area (Å²) in [5.41, 5.74) is 0. The first kappa shape index (κ1) is 13.9. The van der Waals surface area contributed by atoms with E-state index in [0.29, 0.717) is 11.9 Å². The largest absolute Gasteiger partial charge is 0.343 e. The lowest BCUT2D eigenvalue weighted by molar-refractivity contribution is -0.130. The second-order valence-electron chi connectivity index (χ2n) is 5.84. The second-order valence-corrected chi connectivity index (χ2v) is 5.84. The number of amides is 1. The van der Waals surface area contributed by atoms with E-state index in [0.717, 1.165) is 38.4 Å². The third-order valence-electron chi connectivity index (χ3n) is 4.57. The van der Waals surface area contributed by atoms with Gasteiger partial charge in [0.2, 0.25) is 5.91 Å². The highest BCUT2D eigenvalue weighted by atomic mass is 16.2. The molecule has 2 fully saturated rings. The molecule has 2 rings (SSSR count). The number of rotatable bonds is 5. The molecule has 1 saturated heterocycles. The molecule has 0 aromatic heterocycles. The van der Waals surface area contributed by atoms with Gasteiger partial charge in [-0.15, -0.1) is 0 Å². The Morgan fingerprint density at radius 3 is 2.94 bits per heavy atom. The monoisotopic (exact) mass is 252 g/mol. The third-order valence-corrected chi connectivity index (χ3v) is 4.57. The van der Waals surface area contributed by atoms with Gasteiger partial charge < -0.3 is 10.2 Å². The van der Waals surface area contributed by atoms with Crippen LogP contribution in [0.2, 0.25) is 0 Å². The van der Waals surface area contributed by atoms with Crippen LogP contribution in [0.3, 0.4) is 0 Å². The standard InChI is InChI=1S/C15H28N2O/c1-2-16-14-8-6-7-13(14)10-12-17-11-5-3-4-9-15(17)18/h13-14,16H,2-12H2,1H3. The lowest BCUT2D eigenvalue weighted by Gasteiger charge is -2.25. The maximum Gasteiger partial charge on any atom is 0.222 e. The van der Waals surface area contributed by atoms with Crippen LogP contribution in [0.25, 0.3) is 0 Å². The van der Waals surface area contributed by atoms with Gasteiger partial charge in [0.1, 0.15) is 0 Å². The van der Waals surface area contributed by atoms with Crippen molar-refractivity contribution >= 4 is 5.91 Å². The molecule has 1 heterocycles. The number of hydrogen-bond donors (Lipinski definition) is 1. The van der Waals surface area contributed by atoms with E-state index in [-0.39, 0.29) is 0 Å². The molecule has 3 nitrogen and oxygen atoms in total. The minimum atomic E-state index is 0.394. The van der Waals surface area contributed by atoms with Crippen molar-refractivity contribution in [2.45, 2.75) is 64.3 Å². The van der Waals surface area contributed by atoms with Crippen LogP contribution in [0, 0.1) is 5.92 Å². The van der Waals surface area contributed by atoms with Gasteiger partial charge in [-0.25, -0.2) is 0 Å². The number of nitrogens with one attached hydrogen (secondary N) is 1. The van der Waals surface area contributed by atoms with Crippen LogP contribution in [0.5, 0.6) is 0 Å². The molecule has 0 aromatic rings. The van der Waals surface area contributed by atoms with Crippen LogP contribution in [-0.4, -0.2) is 36.5 Å². The summed E-state index contributed by atoms with van der Waals surface area (Å²) >= 11 is 0. The van der Waals surface area contributed by atoms with Crippen molar-refractivity contribution in [3.63, 3.8) is 0 Å². The zero-order chi connectivity index (χ0) is 12.8. The molecular weight excluding hydrogens is 224 g/mol. The summed E-state index contributed by atoms with van der Waals surface area (Å²) < 4.78 is 0. The SMILES string of the molecule is CCNC1CCCC1CCN1CCCCCC1=O. The Morgan fingerprint density at radius 1 is 1.22 bits per heavy atom. The number of likely N-dealkylation sites (tertiary alicyclic amines) is 1. The molecule has 2 unspecified atom stereocenters. The van der Waals surface area contributed by atoms with Crippen molar-refractivity contribution in [2.24, 2.45) is 5.92 Å². The van der Waals surface area contributed by atoms with Crippen LogP contribution in [0.15, 0.2) is 0 Å². The van der Waals surface area contributed by atoms with Gasteiger partial charge in [-0.1, -0.05) is 19.8 Å². The molecule has 1 aliphatic heterocycles. The Balaban J connectivity index is 1.77. The molecular formula is C15H28N2O. The molecule has 1 saturated carbocycles. The first-order valence-corrected chi connectivity index (χ1v) is 7.82. The van der Waals surface area contributed by atoms with Crippen molar-refractivity contribution < 1.29 is 4.79 Å². The Hall–Kier alpha value is -0.570. The average Bonchev–Trinajstić information content (AvgIpc) is 2.70. The molecule has 0 bridgehead atoms. The molecule has 3 heteroatoms. The summed E-state index contributed by atoms with van der Waals surface area (Å²) in [7, 11) is 0. The predicted molar refractivity (Wildman–Crippen MR) is 74.5 cm³/mol. The van der Waals surface area contributed by atoms with Crippen LogP contribution in [0.4, 0.5) is 0 Å². The van der Waals surface area contributed by atoms with Crippen molar-refractivity contribution in [1.29, 1.82) is 0 Å². The van der Waals surface area contributed by atoms with E-state index in [1.165, 1.54) is 38.5 Å². The van der Waals surface area contributed by atoms with Gasteiger partial charge in [-0.2, -0.15) is 0 Å². The molecule has 2 atom stereocenters. The highest BCUT2D eigenvalue weighted by Gasteiger charge is 2.27. The first-order valence-electron chi connectivity index (χ1n) is 7.82. The van der Waals surface area contributed by atoms with E-state index in [1.807, 2.05) is 0 Å². The summed E-state index contributed by atoms with van der Waals surface area (Å²) in [6.45, 7) is 5.25. The minimum absolute atomic E-state index is 0.394. The summed E-state index contributed by atoms with van der Waals surface area (Å²) in [4.78, 5) is 14.1. The van der Waals surface area contributed by atoms with Crippen molar-refractivity contribution in [2.75, 3.05) is 19.6 Å². The van der Waals surface area contributed by atoms with Gasteiger partial charge in [-0.05, 0) is 44.6 Å². The molecule has 18 heavy (non-hydrogen) atoms. The molecule has 0 spiro atoms. The molecule has 104 valence electrons. The van der Waals surface area contributed by atoms with Gasteiger partial charge in [-0.3, -0.25) is 4.79 Å². The van der Waals surface area contributed by atoms with E-state index in [1.54, 1.807) is 0 Å². The molecule has 1 aliphatic carbocycles. The maximum atomic E-state index is 11.9. The lowest BCUT2D eigenvalue weighted by atomic mass is 9.99. The molecule has 2 aliphatic rings. The quantitative estimate of drug-likeness (QED) is 0.815. The second kappa shape index (κ2) is 7.13. The topological polar surface area (TPSA) is 32.3 Å². The Bertz CT molecular complexity index is 267. The van der Waals surface area contributed by atoms with Crippen molar-refractivity contribution in [1.82, 2.24) is 10.2 Å². The highest BCUT2D eigenvalue weighted by molar-refractivity contribution is 5.76. The smallest absolute Gasteiger partial charge is 0.222 e. The van der Waals surface area contributed by atoms with E-state index in [4.69, 9.17) is 0 Å². The molecule has 0 radical (unpaired) electrons. The van der Waals surface area contributed by atoms with E-state index in [9.17, 15) is 4.79 Å². The summed E-state index contributed by atoms with van der Waals surface area (Å²) in [6.07, 6.45) is 9.53. The fourth-order valence-electron chi connectivity index (χ4n) is 3.51. The summed E-state index contributed by atoms with van der Waals surface area (Å²) in [5.74, 6) is 1.19. The number of hydrogen-bond acceptors (Lipinski definition) is 2. The maximum absolute atomic E-state index is 11.9. The third kappa shape index (κ3) is 3.71. The number of carbonyl (C=O) groups excluding carboxylic acids is 1. The number of nitrogens with zero attached hydrogens (tertiary/aromatic N) is 1. The molecule has 1 N–H and O–H groups in total. The van der Waals surface area contributed by atoms with Crippen molar-refractivity contribution in [3.8, 4) is 0 Å². The Kier molecular flexibility index (Phi) is 5.48.